The third kappa shape index (κ3) is 3.41. The lowest BCUT2D eigenvalue weighted by molar-refractivity contribution is -0.137. The highest BCUT2D eigenvalue weighted by atomic mass is 19.4. The number of halogens is 3. The Morgan fingerprint density at radius 3 is 2.47 bits per heavy atom. The fraction of sp³-hybridized carbons (Fsp3) is 0.500. The zero-order valence-electron chi connectivity index (χ0n) is 19.8. The van der Waals surface area contributed by atoms with Crippen LogP contribution in [0.4, 0.5) is 23.7 Å². The first-order valence-electron chi connectivity index (χ1n) is 11.6. The number of fused-ring (bicyclic) bond motifs is 3. The molecule has 2 aromatic carbocycles. The maximum Gasteiger partial charge on any atom is 0.417 e. The number of likely N-dealkylation sites (tertiary alicyclic amines) is 1. The molecule has 3 aliphatic heterocycles. The van der Waals surface area contributed by atoms with Crippen LogP contribution in [-0.4, -0.2) is 48.9 Å². The van der Waals surface area contributed by atoms with Crippen LogP contribution in [-0.2, 0) is 18.0 Å². The van der Waals surface area contributed by atoms with Gasteiger partial charge in [0, 0.05) is 37.3 Å². The van der Waals surface area contributed by atoms with Crippen LogP contribution < -0.4 is 9.64 Å². The van der Waals surface area contributed by atoms with E-state index in [1.165, 1.54) is 18.1 Å². The number of rotatable bonds is 2. The number of alkyl halides is 3. The van der Waals surface area contributed by atoms with Gasteiger partial charge in [-0.1, -0.05) is 26.8 Å². The second kappa shape index (κ2) is 7.55. The molecule has 3 aliphatic rings. The van der Waals surface area contributed by atoms with E-state index in [1.807, 2.05) is 26.8 Å². The second-order valence-corrected chi connectivity index (χ2v) is 10.5. The Morgan fingerprint density at radius 1 is 1.12 bits per heavy atom. The highest BCUT2D eigenvalue weighted by Crippen LogP contribution is 2.56. The van der Waals surface area contributed by atoms with E-state index in [0.717, 1.165) is 47.8 Å². The molecule has 5 rings (SSSR count). The van der Waals surface area contributed by atoms with Gasteiger partial charge in [-0.3, -0.25) is 0 Å². The van der Waals surface area contributed by atoms with Gasteiger partial charge in [-0.05, 0) is 64.3 Å². The summed E-state index contributed by atoms with van der Waals surface area (Å²) < 4.78 is 47.8. The van der Waals surface area contributed by atoms with E-state index in [-0.39, 0.29) is 23.3 Å². The minimum atomic E-state index is -4.54. The molecular weight excluding hydrogens is 445 g/mol. The van der Waals surface area contributed by atoms with Gasteiger partial charge in [-0.25, -0.2) is 4.79 Å². The number of methoxy groups -OCH3 is 1. The molecule has 1 amide bonds. The monoisotopic (exact) mass is 474 g/mol. The average molecular weight is 475 g/mol. The van der Waals surface area contributed by atoms with Gasteiger partial charge in [0.15, 0.2) is 0 Å². The maximum atomic E-state index is 14.2. The summed E-state index contributed by atoms with van der Waals surface area (Å²) in [4.78, 5) is 15.6. The number of hydrogen-bond acceptors (Lipinski definition) is 3. The highest BCUT2D eigenvalue weighted by Gasteiger charge is 2.49. The third-order valence-corrected chi connectivity index (χ3v) is 7.52. The third-order valence-electron chi connectivity index (χ3n) is 7.52. The molecule has 1 saturated heterocycles. The lowest BCUT2D eigenvalue weighted by Crippen LogP contribution is -2.47. The summed E-state index contributed by atoms with van der Waals surface area (Å²) in [6.07, 6.45) is -3.99. The number of ether oxygens (including phenoxy) is 1. The topological polar surface area (TPSA) is 53.0 Å². The van der Waals surface area contributed by atoms with Crippen LogP contribution >= 0.6 is 0 Å². The predicted octanol–water partition coefficient (Wildman–Crippen LogP) is 5.89. The van der Waals surface area contributed by atoms with Crippen molar-refractivity contribution in [1.29, 1.82) is 0 Å². The van der Waals surface area contributed by atoms with E-state index in [0.29, 0.717) is 18.7 Å². The summed E-state index contributed by atoms with van der Waals surface area (Å²) in [6.45, 7) is 7.73. The second-order valence-electron chi connectivity index (χ2n) is 10.5. The van der Waals surface area contributed by atoms with E-state index in [2.05, 4.69) is 4.90 Å². The van der Waals surface area contributed by atoms with Gasteiger partial charge in [0.1, 0.15) is 5.75 Å². The fourth-order valence-electron chi connectivity index (χ4n) is 6.24. The van der Waals surface area contributed by atoms with E-state index >= 15 is 0 Å². The van der Waals surface area contributed by atoms with Gasteiger partial charge in [-0.2, -0.15) is 13.2 Å². The van der Waals surface area contributed by atoms with Crippen molar-refractivity contribution in [2.45, 2.75) is 57.2 Å². The number of piperidine rings is 1. The number of benzene rings is 2. The molecule has 2 aromatic rings. The first kappa shape index (κ1) is 22.9. The Kier molecular flexibility index (Phi) is 5.08. The molecule has 5 nitrogen and oxygen atoms in total. The standard InChI is InChI=1S/C26H29F3N2O3/c1-25(2,3)22-17(16-6-5-15(34-4)12-19(16)26(27,28)29)11-14-7-10-31-20-8-9-30(24(32)33)13-18(20)21(22)23(14)31/h5-6,11-12,18,20H,7-10,13H2,1-4H3,(H,32,33)/t18-,20+/m1/s1. The molecular formula is C26H29F3N2O3. The molecule has 2 atom stereocenters. The van der Waals surface area contributed by atoms with E-state index in [1.54, 1.807) is 6.07 Å². The molecule has 182 valence electrons. The Labute approximate surface area is 197 Å². The summed E-state index contributed by atoms with van der Waals surface area (Å²) in [6, 6.07) is 6.28. The molecule has 0 aromatic heterocycles. The molecule has 0 spiro atoms. The summed E-state index contributed by atoms with van der Waals surface area (Å²) in [5, 5.41) is 9.65. The van der Waals surface area contributed by atoms with Crippen molar-refractivity contribution < 1.29 is 27.8 Å². The smallest absolute Gasteiger partial charge is 0.417 e. The first-order valence-corrected chi connectivity index (χ1v) is 11.6. The minimum absolute atomic E-state index is 0.0549. The van der Waals surface area contributed by atoms with Crippen molar-refractivity contribution in [2.75, 3.05) is 31.6 Å². The van der Waals surface area contributed by atoms with Gasteiger partial charge < -0.3 is 19.6 Å². The van der Waals surface area contributed by atoms with Crippen LogP contribution in [0, 0.1) is 0 Å². The summed E-state index contributed by atoms with van der Waals surface area (Å²) in [5.41, 5.74) is 3.67. The van der Waals surface area contributed by atoms with Crippen molar-refractivity contribution >= 4 is 11.8 Å². The number of carboxylic acid groups (broad SMARTS) is 1. The first-order chi connectivity index (χ1) is 15.9. The van der Waals surface area contributed by atoms with Crippen molar-refractivity contribution in [3.8, 4) is 16.9 Å². The van der Waals surface area contributed by atoms with Gasteiger partial charge in [0.2, 0.25) is 0 Å². The normalized spacial score (nSPS) is 21.5. The number of amides is 1. The summed E-state index contributed by atoms with van der Waals surface area (Å²) >= 11 is 0. The van der Waals surface area contributed by atoms with Crippen molar-refractivity contribution in [2.24, 2.45) is 0 Å². The molecule has 0 unspecified atom stereocenters. The van der Waals surface area contributed by atoms with E-state index < -0.39 is 23.2 Å². The predicted molar refractivity (Wildman–Crippen MR) is 124 cm³/mol. The van der Waals surface area contributed by atoms with Crippen molar-refractivity contribution in [3.05, 3.63) is 46.5 Å². The summed E-state index contributed by atoms with van der Waals surface area (Å²) in [5.74, 6) is 0.107. The van der Waals surface area contributed by atoms with Crippen molar-refractivity contribution in [1.82, 2.24) is 4.90 Å². The zero-order valence-corrected chi connectivity index (χ0v) is 19.8. The van der Waals surface area contributed by atoms with Crippen LogP contribution in [0.25, 0.3) is 11.1 Å². The molecule has 0 aliphatic carbocycles. The van der Waals surface area contributed by atoms with Gasteiger partial charge in [0.25, 0.3) is 0 Å². The van der Waals surface area contributed by atoms with Crippen LogP contribution in [0.2, 0.25) is 0 Å². The van der Waals surface area contributed by atoms with E-state index in [9.17, 15) is 23.1 Å². The van der Waals surface area contributed by atoms with Gasteiger partial charge in [-0.15, -0.1) is 0 Å². The number of nitrogens with zero attached hydrogens (tertiary/aromatic N) is 2. The molecule has 1 N–H and O–H groups in total. The van der Waals surface area contributed by atoms with Crippen molar-refractivity contribution in [3.63, 3.8) is 0 Å². The maximum absolute atomic E-state index is 14.2. The number of anilines is 1. The molecule has 1 fully saturated rings. The lowest BCUT2D eigenvalue weighted by Gasteiger charge is -2.38. The number of hydrogen-bond donors (Lipinski definition) is 1. The zero-order chi connectivity index (χ0) is 24.6. The SMILES string of the molecule is COc1ccc(-c2cc3c4c(c2C(C)(C)C)[C@@H]2CN(C(=O)O)CC[C@@H]2N4CC3)c(C(F)(F)F)c1. The van der Waals surface area contributed by atoms with E-state index in [4.69, 9.17) is 4.74 Å². The average Bonchev–Trinajstić information content (AvgIpc) is 3.33. The minimum Gasteiger partial charge on any atom is -0.497 e. The Bertz CT molecular complexity index is 1170. The van der Waals surface area contributed by atoms with Gasteiger partial charge >= 0.3 is 12.3 Å². The largest absolute Gasteiger partial charge is 0.497 e. The molecule has 0 bridgehead atoms. The van der Waals surface area contributed by atoms with Crippen LogP contribution in [0.1, 0.15) is 55.4 Å². The van der Waals surface area contributed by atoms with Crippen LogP contribution in [0.5, 0.6) is 5.75 Å². The Balaban J connectivity index is 1.79. The summed E-state index contributed by atoms with van der Waals surface area (Å²) in [7, 11) is 1.36. The molecule has 34 heavy (non-hydrogen) atoms. The molecule has 0 radical (unpaired) electrons. The molecule has 3 heterocycles. The molecule has 0 saturated carbocycles. The lowest BCUT2D eigenvalue weighted by atomic mass is 9.73. The van der Waals surface area contributed by atoms with Crippen LogP contribution in [0.15, 0.2) is 24.3 Å². The highest BCUT2D eigenvalue weighted by molar-refractivity contribution is 5.84. The fourth-order valence-corrected chi connectivity index (χ4v) is 6.24. The Hall–Kier alpha value is -2.90. The quantitative estimate of drug-likeness (QED) is 0.590. The Morgan fingerprint density at radius 2 is 1.85 bits per heavy atom. The number of carbonyl (C=O) groups is 1. The van der Waals surface area contributed by atoms with Gasteiger partial charge in [0.05, 0.1) is 12.7 Å². The van der Waals surface area contributed by atoms with Crippen LogP contribution in [0.3, 0.4) is 0 Å². The molecule has 8 heteroatoms.